The van der Waals surface area contributed by atoms with Gasteiger partial charge in [0.2, 0.25) is 0 Å². The van der Waals surface area contributed by atoms with Crippen molar-refractivity contribution in [3.8, 4) is 0 Å². The van der Waals surface area contributed by atoms with Crippen LogP contribution in [0.4, 0.5) is 4.79 Å². The van der Waals surface area contributed by atoms with E-state index in [0.29, 0.717) is 13.2 Å². The third kappa shape index (κ3) is 7.31. The number of ether oxygens (including phenoxy) is 1. The Hall–Kier alpha value is -1.06. The highest BCUT2D eigenvalue weighted by molar-refractivity contribution is 5.67. The Morgan fingerprint density at radius 2 is 2.31 bits per heavy atom. The zero-order valence-corrected chi connectivity index (χ0v) is 8.21. The van der Waals surface area contributed by atoms with Crippen LogP contribution < -0.4 is 5.32 Å². The number of hydrogen-bond donors (Lipinski definition) is 1. The molecule has 0 fully saturated rings. The average Bonchev–Trinajstić information content (AvgIpc) is 2.14. The SMILES string of the molecule is CCCCOC(=O)NCC(C)C=O. The van der Waals surface area contributed by atoms with Crippen LogP contribution in [0.1, 0.15) is 26.7 Å². The molecular formula is C9H17NO3. The molecule has 13 heavy (non-hydrogen) atoms. The summed E-state index contributed by atoms with van der Waals surface area (Å²) in [5, 5.41) is 2.50. The van der Waals surface area contributed by atoms with Crippen LogP contribution in [0.5, 0.6) is 0 Å². The minimum Gasteiger partial charge on any atom is -0.450 e. The molecule has 76 valence electrons. The predicted octanol–water partition coefficient (Wildman–Crippen LogP) is 1.35. The Balaban J connectivity index is 3.35. The Morgan fingerprint density at radius 3 is 2.85 bits per heavy atom. The highest BCUT2D eigenvalue weighted by atomic mass is 16.5. The van der Waals surface area contributed by atoms with Crippen molar-refractivity contribution >= 4 is 12.4 Å². The van der Waals surface area contributed by atoms with Crippen molar-refractivity contribution in [2.75, 3.05) is 13.2 Å². The van der Waals surface area contributed by atoms with E-state index in [0.717, 1.165) is 19.1 Å². The molecular weight excluding hydrogens is 170 g/mol. The molecule has 0 saturated carbocycles. The second-order valence-electron chi connectivity index (χ2n) is 2.98. The third-order valence-corrected chi connectivity index (χ3v) is 1.53. The van der Waals surface area contributed by atoms with Gasteiger partial charge in [0, 0.05) is 12.5 Å². The van der Waals surface area contributed by atoms with Crippen molar-refractivity contribution < 1.29 is 14.3 Å². The van der Waals surface area contributed by atoms with Gasteiger partial charge in [-0.25, -0.2) is 4.79 Å². The van der Waals surface area contributed by atoms with Crippen LogP contribution in [0.15, 0.2) is 0 Å². The van der Waals surface area contributed by atoms with Crippen molar-refractivity contribution in [1.29, 1.82) is 0 Å². The van der Waals surface area contributed by atoms with Gasteiger partial charge in [0.25, 0.3) is 0 Å². The Bertz CT molecular complexity index is 159. The van der Waals surface area contributed by atoms with E-state index in [1.54, 1.807) is 6.92 Å². The van der Waals surface area contributed by atoms with Gasteiger partial charge in [0.05, 0.1) is 6.61 Å². The van der Waals surface area contributed by atoms with Gasteiger partial charge in [-0.15, -0.1) is 0 Å². The summed E-state index contributed by atoms with van der Waals surface area (Å²) in [7, 11) is 0. The van der Waals surface area contributed by atoms with E-state index in [1.807, 2.05) is 6.92 Å². The first-order chi connectivity index (χ1) is 6.20. The molecule has 0 heterocycles. The molecule has 0 saturated heterocycles. The van der Waals surface area contributed by atoms with E-state index in [4.69, 9.17) is 4.74 Å². The number of aldehydes is 1. The van der Waals surface area contributed by atoms with E-state index < -0.39 is 6.09 Å². The van der Waals surface area contributed by atoms with Crippen molar-refractivity contribution in [3.63, 3.8) is 0 Å². The fourth-order valence-electron chi connectivity index (χ4n) is 0.653. The molecule has 0 bridgehead atoms. The molecule has 0 aliphatic heterocycles. The summed E-state index contributed by atoms with van der Waals surface area (Å²) < 4.78 is 4.81. The van der Waals surface area contributed by atoms with Gasteiger partial charge < -0.3 is 14.8 Å². The monoisotopic (exact) mass is 187 g/mol. The Labute approximate surface area is 78.6 Å². The molecule has 4 nitrogen and oxygen atoms in total. The summed E-state index contributed by atoms with van der Waals surface area (Å²) in [5.41, 5.74) is 0. The number of nitrogens with one attached hydrogen (secondary N) is 1. The first-order valence-electron chi connectivity index (χ1n) is 4.56. The lowest BCUT2D eigenvalue weighted by Crippen LogP contribution is -2.29. The van der Waals surface area contributed by atoms with Crippen LogP contribution in [0.3, 0.4) is 0 Å². The second-order valence-corrected chi connectivity index (χ2v) is 2.98. The van der Waals surface area contributed by atoms with Gasteiger partial charge in [0.15, 0.2) is 0 Å². The lowest BCUT2D eigenvalue weighted by Gasteiger charge is -2.07. The van der Waals surface area contributed by atoms with Gasteiger partial charge in [0.1, 0.15) is 6.29 Å². The maximum absolute atomic E-state index is 10.9. The standard InChI is InChI=1S/C9H17NO3/c1-3-4-5-13-9(12)10-6-8(2)7-11/h7-8H,3-6H2,1-2H3,(H,10,12). The molecule has 0 spiro atoms. The molecule has 0 aromatic rings. The van der Waals surface area contributed by atoms with Gasteiger partial charge in [-0.1, -0.05) is 20.3 Å². The quantitative estimate of drug-likeness (QED) is 0.504. The normalized spacial score (nSPS) is 11.8. The number of unbranched alkanes of at least 4 members (excludes halogenated alkanes) is 1. The maximum Gasteiger partial charge on any atom is 0.407 e. The van der Waals surface area contributed by atoms with Crippen molar-refractivity contribution in [1.82, 2.24) is 5.32 Å². The van der Waals surface area contributed by atoms with Crippen LogP contribution in [-0.2, 0) is 9.53 Å². The predicted molar refractivity (Wildman–Crippen MR) is 49.5 cm³/mol. The summed E-state index contributed by atoms with van der Waals surface area (Å²) in [4.78, 5) is 21.1. The number of amides is 1. The van der Waals surface area contributed by atoms with Gasteiger partial charge >= 0.3 is 6.09 Å². The number of rotatable bonds is 6. The Kier molecular flexibility index (Phi) is 6.96. The lowest BCUT2D eigenvalue weighted by molar-refractivity contribution is -0.110. The molecule has 1 atom stereocenters. The molecule has 1 N–H and O–H groups in total. The maximum atomic E-state index is 10.9. The highest BCUT2D eigenvalue weighted by Gasteiger charge is 2.03. The van der Waals surface area contributed by atoms with Gasteiger partial charge in [-0.05, 0) is 6.42 Å². The third-order valence-electron chi connectivity index (χ3n) is 1.53. The molecule has 1 amide bonds. The fourth-order valence-corrected chi connectivity index (χ4v) is 0.653. The van der Waals surface area contributed by atoms with E-state index in [2.05, 4.69) is 5.32 Å². The molecule has 0 rings (SSSR count). The summed E-state index contributed by atoms with van der Waals surface area (Å²) in [5.74, 6) is -0.154. The zero-order valence-electron chi connectivity index (χ0n) is 8.21. The fraction of sp³-hybridized carbons (Fsp3) is 0.778. The molecule has 0 aliphatic rings. The van der Waals surface area contributed by atoms with Gasteiger partial charge in [-0.2, -0.15) is 0 Å². The minimum atomic E-state index is -0.442. The smallest absolute Gasteiger partial charge is 0.407 e. The summed E-state index contributed by atoms with van der Waals surface area (Å²) in [6.45, 7) is 4.54. The van der Waals surface area contributed by atoms with Crippen molar-refractivity contribution in [2.24, 2.45) is 5.92 Å². The molecule has 1 unspecified atom stereocenters. The number of alkyl carbamates (subject to hydrolysis) is 1. The molecule has 0 radical (unpaired) electrons. The summed E-state index contributed by atoms with van der Waals surface area (Å²) in [6.07, 6.45) is 2.23. The largest absolute Gasteiger partial charge is 0.450 e. The number of carbonyl (C=O) groups is 2. The molecule has 0 aliphatic carbocycles. The topological polar surface area (TPSA) is 55.4 Å². The van der Waals surface area contributed by atoms with Crippen molar-refractivity contribution in [2.45, 2.75) is 26.7 Å². The van der Waals surface area contributed by atoms with Crippen LogP contribution >= 0.6 is 0 Å². The Morgan fingerprint density at radius 1 is 1.62 bits per heavy atom. The van der Waals surface area contributed by atoms with Crippen LogP contribution in [0.2, 0.25) is 0 Å². The van der Waals surface area contributed by atoms with Crippen molar-refractivity contribution in [3.05, 3.63) is 0 Å². The molecule has 4 heteroatoms. The molecule has 0 aromatic heterocycles. The number of carbonyl (C=O) groups excluding carboxylic acids is 2. The first kappa shape index (κ1) is 11.9. The summed E-state index contributed by atoms with van der Waals surface area (Å²) >= 11 is 0. The van der Waals surface area contributed by atoms with E-state index in [-0.39, 0.29) is 5.92 Å². The summed E-state index contributed by atoms with van der Waals surface area (Å²) in [6, 6.07) is 0. The van der Waals surface area contributed by atoms with Crippen LogP contribution in [0, 0.1) is 5.92 Å². The lowest BCUT2D eigenvalue weighted by atomic mass is 10.2. The first-order valence-corrected chi connectivity index (χ1v) is 4.56. The van der Waals surface area contributed by atoms with Crippen LogP contribution in [0.25, 0.3) is 0 Å². The average molecular weight is 187 g/mol. The van der Waals surface area contributed by atoms with Gasteiger partial charge in [-0.3, -0.25) is 0 Å². The minimum absolute atomic E-state index is 0.154. The van der Waals surface area contributed by atoms with E-state index in [9.17, 15) is 9.59 Å². The highest BCUT2D eigenvalue weighted by Crippen LogP contribution is 1.90. The van der Waals surface area contributed by atoms with E-state index >= 15 is 0 Å². The number of hydrogen-bond acceptors (Lipinski definition) is 3. The molecule has 0 aromatic carbocycles. The van der Waals surface area contributed by atoms with Crippen LogP contribution in [-0.4, -0.2) is 25.5 Å². The zero-order chi connectivity index (χ0) is 10.1. The second kappa shape index (κ2) is 7.58. The van der Waals surface area contributed by atoms with E-state index in [1.165, 1.54) is 0 Å².